The topological polar surface area (TPSA) is 38.7 Å². The molecule has 0 radical (unpaired) electrons. The van der Waals surface area contributed by atoms with Crippen LogP contribution in [0.1, 0.15) is 5.56 Å². The SMILES string of the molecule is OCc1cc(F)cc(OCCOc2cccc(Br)c2)c1. The molecule has 0 atom stereocenters. The van der Waals surface area contributed by atoms with Crippen molar-refractivity contribution in [1.29, 1.82) is 0 Å². The van der Waals surface area contributed by atoms with Crippen molar-refractivity contribution in [2.24, 2.45) is 0 Å². The minimum atomic E-state index is -0.431. The van der Waals surface area contributed by atoms with Crippen LogP contribution in [0.15, 0.2) is 46.9 Å². The molecular formula is C15H14BrFO3. The zero-order valence-corrected chi connectivity index (χ0v) is 12.3. The maximum atomic E-state index is 13.2. The van der Waals surface area contributed by atoms with Crippen LogP contribution in [0, 0.1) is 5.82 Å². The van der Waals surface area contributed by atoms with E-state index in [4.69, 9.17) is 14.6 Å². The summed E-state index contributed by atoms with van der Waals surface area (Å²) in [5, 5.41) is 8.98. The van der Waals surface area contributed by atoms with E-state index in [0.29, 0.717) is 24.5 Å². The minimum Gasteiger partial charge on any atom is -0.490 e. The fourth-order valence-corrected chi connectivity index (χ4v) is 2.05. The quantitative estimate of drug-likeness (QED) is 0.817. The van der Waals surface area contributed by atoms with Crippen molar-refractivity contribution in [3.8, 4) is 11.5 Å². The third-order valence-corrected chi connectivity index (χ3v) is 3.02. The zero-order valence-electron chi connectivity index (χ0n) is 10.7. The van der Waals surface area contributed by atoms with Gasteiger partial charge in [-0.3, -0.25) is 0 Å². The van der Waals surface area contributed by atoms with E-state index in [1.165, 1.54) is 12.1 Å². The van der Waals surface area contributed by atoms with Crippen LogP contribution in [0.4, 0.5) is 4.39 Å². The number of halogens is 2. The number of hydrogen-bond acceptors (Lipinski definition) is 3. The lowest BCUT2D eigenvalue weighted by Gasteiger charge is -2.09. The summed E-state index contributed by atoms with van der Waals surface area (Å²) in [7, 11) is 0. The van der Waals surface area contributed by atoms with E-state index in [1.54, 1.807) is 6.07 Å². The second-order valence-corrected chi connectivity index (χ2v) is 5.02. The van der Waals surface area contributed by atoms with Crippen molar-refractivity contribution in [3.05, 3.63) is 58.3 Å². The zero-order chi connectivity index (χ0) is 14.4. The Bertz CT molecular complexity index is 575. The maximum absolute atomic E-state index is 13.2. The van der Waals surface area contributed by atoms with Crippen molar-refractivity contribution in [2.45, 2.75) is 6.61 Å². The van der Waals surface area contributed by atoms with Crippen LogP contribution in [0.2, 0.25) is 0 Å². The summed E-state index contributed by atoms with van der Waals surface area (Å²) in [6, 6.07) is 11.6. The van der Waals surface area contributed by atoms with Crippen molar-refractivity contribution in [1.82, 2.24) is 0 Å². The Balaban J connectivity index is 1.82. The summed E-state index contributed by atoms with van der Waals surface area (Å²) in [6.07, 6.45) is 0. The van der Waals surface area contributed by atoms with E-state index < -0.39 is 5.82 Å². The third kappa shape index (κ3) is 4.51. The smallest absolute Gasteiger partial charge is 0.127 e. The van der Waals surface area contributed by atoms with Gasteiger partial charge in [0, 0.05) is 10.5 Å². The molecule has 1 N–H and O–H groups in total. The first kappa shape index (κ1) is 14.8. The van der Waals surface area contributed by atoms with Crippen LogP contribution in [0.3, 0.4) is 0 Å². The lowest BCUT2D eigenvalue weighted by atomic mass is 10.2. The highest BCUT2D eigenvalue weighted by molar-refractivity contribution is 9.10. The molecule has 0 aliphatic carbocycles. The van der Waals surface area contributed by atoms with E-state index in [0.717, 1.165) is 10.2 Å². The maximum Gasteiger partial charge on any atom is 0.127 e. The van der Waals surface area contributed by atoms with E-state index in [9.17, 15) is 4.39 Å². The average Bonchev–Trinajstić information content (AvgIpc) is 2.43. The Morgan fingerprint density at radius 3 is 2.45 bits per heavy atom. The predicted octanol–water partition coefficient (Wildman–Crippen LogP) is 3.54. The van der Waals surface area contributed by atoms with Gasteiger partial charge in [-0.15, -0.1) is 0 Å². The monoisotopic (exact) mass is 340 g/mol. The van der Waals surface area contributed by atoms with Crippen LogP contribution >= 0.6 is 15.9 Å². The Kier molecular flexibility index (Phi) is 5.38. The fourth-order valence-electron chi connectivity index (χ4n) is 1.67. The van der Waals surface area contributed by atoms with Crippen molar-refractivity contribution >= 4 is 15.9 Å². The van der Waals surface area contributed by atoms with Crippen LogP contribution in [0.25, 0.3) is 0 Å². The lowest BCUT2D eigenvalue weighted by Crippen LogP contribution is -2.09. The lowest BCUT2D eigenvalue weighted by molar-refractivity contribution is 0.215. The highest BCUT2D eigenvalue weighted by atomic mass is 79.9. The molecule has 3 nitrogen and oxygen atoms in total. The largest absolute Gasteiger partial charge is 0.490 e. The molecule has 0 aliphatic rings. The number of aliphatic hydroxyl groups is 1. The van der Waals surface area contributed by atoms with Crippen molar-refractivity contribution in [2.75, 3.05) is 13.2 Å². The number of hydrogen-bond donors (Lipinski definition) is 1. The van der Waals surface area contributed by atoms with Gasteiger partial charge in [-0.1, -0.05) is 22.0 Å². The molecule has 2 aromatic rings. The molecule has 0 saturated carbocycles. The van der Waals surface area contributed by atoms with Gasteiger partial charge in [-0.05, 0) is 35.9 Å². The number of aliphatic hydroxyl groups excluding tert-OH is 1. The van der Waals surface area contributed by atoms with E-state index in [-0.39, 0.29) is 6.61 Å². The van der Waals surface area contributed by atoms with Crippen molar-refractivity contribution < 1.29 is 19.0 Å². The van der Waals surface area contributed by atoms with E-state index in [1.807, 2.05) is 24.3 Å². The highest BCUT2D eigenvalue weighted by Crippen LogP contribution is 2.18. The summed E-state index contributed by atoms with van der Waals surface area (Å²) in [5.74, 6) is 0.685. The van der Waals surface area contributed by atoms with Gasteiger partial charge in [0.15, 0.2) is 0 Å². The highest BCUT2D eigenvalue weighted by Gasteiger charge is 2.02. The molecule has 0 fully saturated rings. The first-order valence-corrected chi connectivity index (χ1v) is 6.88. The molecule has 0 heterocycles. The standard InChI is InChI=1S/C15H14BrFO3/c16-12-2-1-3-14(8-12)19-4-5-20-15-7-11(10-18)6-13(17)9-15/h1-3,6-9,18H,4-5,10H2. The molecule has 5 heteroatoms. The van der Waals surface area contributed by atoms with Crippen molar-refractivity contribution in [3.63, 3.8) is 0 Å². The van der Waals surface area contributed by atoms with Gasteiger partial charge >= 0.3 is 0 Å². The fraction of sp³-hybridized carbons (Fsp3) is 0.200. The second kappa shape index (κ2) is 7.26. The molecule has 20 heavy (non-hydrogen) atoms. The third-order valence-electron chi connectivity index (χ3n) is 2.53. The number of ether oxygens (including phenoxy) is 2. The summed E-state index contributed by atoms with van der Waals surface area (Å²) in [5.41, 5.74) is 0.480. The average molecular weight is 341 g/mol. The molecule has 106 valence electrons. The molecule has 0 aliphatic heterocycles. The van der Waals surface area contributed by atoms with Crippen LogP contribution in [-0.4, -0.2) is 18.3 Å². The summed E-state index contributed by atoms with van der Waals surface area (Å²) in [4.78, 5) is 0. The Morgan fingerprint density at radius 1 is 1.00 bits per heavy atom. The van der Waals surface area contributed by atoms with Gasteiger partial charge in [0.05, 0.1) is 6.61 Å². The van der Waals surface area contributed by atoms with Crippen LogP contribution < -0.4 is 9.47 Å². The van der Waals surface area contributed by atoms with Gasteiger partial charge in [-0.2, -0.15) is 0 Å². The molecule has 2 rings (SSSR count). The van der Waals surface area contributed by atoms with Gasteiger partial charge in [0.2, 0.25) is 0 Å². The van der Waals surface area contributed by atoms with Gasteiger partial charge in [0.25, 0.3) is 0 Å². The van der Waals surface area contributed by atoms with E-state index >= 15 is 0 Å². The number of rotatable bonds is 6. The van der Waals surface area contributed by atoms with Gasteiger partial charge < -0.3 is 14.6 Å². The first-order chi connectivity index (χ1) is 9.67. The Morgan fingerprint density at radius 2 is 1.75 bits per heavy atom. The van der Waals surface area contributed by atoms with Gasteiger partial charge in [0.1, 0.15) is 30.5 Å². The first-order valence-electron chi connectivity index (χ1n) is 6.09. The summed E-state index contributed by atoms with van der Waals surface area (Å²) >= 11 is 3.36. The molecule has 2 aromatic carbocycles. The summed E-state index contributed by atoms with van der Waals surface area (Å²) < 4.78 is 25.0. The number of benzene rings is 2. The molecule has 0 aromatic heterocycles. The molecule has 0 saturated heterocycles. The second-order valence-electron chi connectivity index (χ2n) is 4.11. The van der Waals surface area contributed by atoms with Crippen LogP contribution in [0.5, 0.6) is 11.5 Å². The van der Waals surface area contributed by atoms with Gasteiger partial charge in [-0.25, -0.2) is 4.39 Å². The predicted molar refractivity (Wildman–Crippen MR) is 77.5 cm³/mol. The molecule has 0 amide bonds. The van der Waals surface area contributed by atoms with Crippen LogP contribution in [-0.2, 0) is 6.61 Å². The Labute approximate surface area is 125 Å². The molecular weight excluding hydrogens is 327 g/mol. The minimum absolute atomic E-state index is 0.220. The summed E-state index contributed by atoms with van der Waals surface area (Å²) in [6.45, 7) is 0.422. The van der Waals surface area contributed by atoms with E-state index in [2.05, 4.69) is 15.9 Å². The molecule has 0 bridgehead atoms. The molecule has 0 unspecified atom stereocenters. The Hall–Kier alpha value is -1.59. The molecule has 0 spiro atoms. The normalized spacial score (nSPS) is 10.3.